The predicted octanol–water partition coefficient (Wildman–Crippen LogP) is 5.59. The smallest absolute Gasteiger partial charge is 0.237 e. The third-order valence-electron chi connectivity index (χ3n) is 4.99. The Labute approximate surface area is 206 Å². The van der Waals surface area contributed by atoms with Crippen molar-refractivity contribution >= 4 is 35.0 Å². The van der Waals surface area contributed by atoms with E-state index in [1.54, 1.807) is 44.4 Å². The van der Waals surface area contributed by atoms with E-state index in [-0.39, 0.29) is 5.91 Å². The maximum Gasteiger partial charge on any atom is 0.237 e. The molecule has 0 radical (unpaired) electrons. The first-order valence-electron chi connectivity index (χ1n) is 10.3. The van der Waals surface area contributed by atoms with Gasteiger partial charge in [0, 0.05) is 16.9 Å². The zero-order valence-electron chi connectivity index (χ0n) is 18.4. The molecule has 1 aromatic heterocycles. The summed E-state index contributed by atoms with van der Waals surface area (Å²) in [5.74, 6) is 1.06. The van der Waals surface area contributed by atoms with Crippen molar-refractivity contribution in [3.63, 3.8) is 0 Å². The normalized spacial score (nSPS) is 11.5. The number of anilines is 1. The van der Waals surface area contributed by atoms with E-state index < -0.39 is 5.25 Å². The van der Waals surface area contributed by atoms with Crippen LogP contribution >= 0.6 is 23.4 Å². The van der Waals surface area contributed by atoms with Gasteiger partial charge in [-0.15, -0.1) is 10.2 Å². The maximum absolute atomic E-state index is 12.9. The molecule has 7 nitrogen and oxygen atoms in total. The standard InChI is InChI=1S/C25H20ClN5O2S/c1-16(24(32)28-18-7-5-6-17(14-18)15-27)34-25-30-29-23(21-8-3-4-9-22(21)26)31(25)19-10-12-20(33-2)13-11-19/h3-14,16H,1-2H3,(H,28,32). The van der Waals surface area contributed by atoms with E-state index in [9.17, 15) is 4.79 Å². The third-order valence-corrected chi connectivity index (χ3v) is 6.36. The summed E-state index contributed by atoms with van der Waals surface area (Å²) >= 11 is 7.72. The number of hydrogen-bond acceptors (Lipinski definition) is 6. The molecule has 1 amide bonds. The van der Waals surface area contributed by atoms with Gasteiger partial charge in [-0.2, -0.15) is 5.26 Å². The average molecular weight is 490 g/mol. The van der Waals surface area contributed by atoms with Gasteiger partial charge in [-0.3, -0.25) is 9.36 Å². The van der Waals surface area contributed by atoms with E-state index in [4.69, 9.17) is 21.6 Å². The van der Waals surface area contributed by atoms with Gasteiger partial charge in [0.2, 0.25) is 5.91 Å². The third kappa shape index (κ3) is 5.06. The molecule has 1 unspecified atom stereocenters. The van der Waals surface area contributed by atoms with Crippen molar-refractivity contribution < 1.29 is 9.53 Å². The van der Waals surface area contributed by atoms with Gasteiger partial charge in [0.05, 0.1) is 29.0 Å². The Morgan fingerprint density at radius 3 is 2.59 bits per heavy atom. The number of carbonyl (C=O) groups excluding carboxylic acids is 1. The number of rotatable bonds is 7. The van der Waals surface area contributed by atoms with E-state index >= 15 is 0 Å². The number of halogens is 1. The van der Waals surface area contributed by atoms with Crippen LogP contribution in [0.25, 0.3) is 17.1 Å². The Bertz CT molecular complexity index is 1360. The van der Waals surface area contributed by atoms with Crippen molar-refractivity contribution in [2.45, 2.75) is 17.3 Å². The first-order chi connectivity index (χ1) is 16.5. The summed E-state index contributed by atoms with van der Waals surface area (Å²) in [5, 5.41) is 21.3. The molecular formula is C25H20ClN5O2S. The van der Waals surface area contributed by atoms with Crippen molar-refractivity contribution in [3.05, 3.63) is 83.4 Å². The molecule has 0 aliphatic rings. The molecule has 1 atom stereocenters. The second-order valence-corrected chi connectivity index (χ2v) is 8.98. The summed E-state index contributed by atoms with van der Waals surface area (Å²) in [4.78, 5) is 12.9. The molecule has 170 valence electrons. The number of methoxy groups -OCH3 is 1. The lowest BCUT2D eigenvalue weighted by Gasteiger charge is -2.15. The lowest BCUT2D eigenvalue weighted by atomic mass is 10.2. The number of nitrogens with one attached hydrogen (secondary N) is 1. The summed E-state index contributed by atoms with van der Waals surface area (Å²) in [6.45, 7) is 1.79. The minimum absolute atomic E-state index is 0.219. The van der Waals surface area contributed by atoms with Crippen LogP contribution in [0.5, 0.6) is 5.75 Å². The number of carbonyl (C=O) groups is 1. The SMILES string of the molecule is COc1ccc(-n2c(SC(C)C(=O)Nc3cccc(C#N)c3)nnc2-c2ccccc2Cl)cc1. The van der Waals surface area contributed by atoms with Crippen LogP contribution in [0.15, 0.2) is 78.0 Å². The van der Waals surface area contributed by atoms with Gasteiger partial charge < -0.3 is 10.1 Å². The van der Waals surface area contributed by atoms with Gasteiger partial charge in [-0.25, -0.2) is 0 Å². The molecule has 0 saturated heterocycles. The number of ether oxygens (including phenoxy) is 1. The molecule has 3 aromatic carbocycles. The van der Waals surface area contributed by atoms with E-state index in [1.807, 2.05) is 47.0 Å². The molecule has 9 heteroatoms. The maximum atomic E-state index is 12.9. The summed E-state index contributed by atoms with van der Waals surface area (Å²) in [6, 6.07) is 23.7. The molecule has 4 rings (SSSR count). The number of aromatic nitrogens is 3. The Hall–Kier alpha value is -3.80. The van der Waals surface area contributed by atoms with Crippen LogP contribution in [-0.2, 0) is 4.79 Å². The van der Waals surface area contributed by atoms with E-state index in [2.05, 4.69) is 21.6 Å². The van der Waals surface area contributed by atoms with Gasteiger partial charge in [0.1, 0.15) is 5.75 Å². The minimum atomic E-state index is -0.494. The lowest BCUT2D eigenvalue weighted by Crippen LogP contribution is -2.23. The van der Waals surface area contributed by atoms with E-state index in [0.717, 1.165) is 17.0 Å². The molecular weight excluding hydrogens is 470 g/mol. The number of nitrogens with zero attached hydrogens (tertiary/aromatic N) is 4. The van der Waals surface area contributed by atoms with Crippen LogP contribution < -0.4 is 10.1 Å². The number of thioether (sulfide) groups is 1. The molecule has 0 saturated carbocycles. The van der Waals surface area contributed by atoms with Crippen molar-refractivity contribution in [1.82, 2.24) is 14.8 Å². The number of nitriles is 1. The van der Waals surface area contributed by atoms with Crippen LogP contribution in [0.3, 0.4) is 0 Å². The lowest BCUT2D eigenvalue weighted by molar-refractivity contribution is -0.115. The molecule has 1 N–H and O–H groups in total. The highest BCUT2D eigenvalue weighted by molar-refractivity contribution is 8.00. The Morgan fingerprint density at radius 1 is 1.12 bits per heavy atom. The van der Waals surface area contributed by atoms with Crippen LogP contribution in [-0.4, -0.2) is 33.0 Å². The fourth-order valence-corrected chi connectivity index (χ4v) is 4.34. The zero-order valence-corrected chi connectivity index (χ0v) is 20.0. The monoisotopic (exact) mass is 489 g/mol. The first-order valence-corrected chi connectivity index (χ1v) is 11.6. The molecule has 0 fully saturated rings. The van der Waals surface area contributed by atoms with E-state index in [0.29, 0.717) is 27.3 Å². The molecule has 4 aromatic rings. The zero-order chi connectivity index (χ0) is 24.1. The second-order valence-electron chi connectivity index (χ2n) is 7.26. The van der Waals surface area contributed by atoms with Gasteiger partial charge in [-0.05, 0) is 61.5 Å². The van der Waals surface area contributed by atoms with Crippen molar-refractivity contribution in [2.75, 3.05) is 12.4 Å². The van der Waals surface area contributed by atoms with Gasteiger partial charge in [-0.1, -0.05) is 41.6 Å². The minimum Gasteiger partial charge on any atom is -0.497 e. The van der Waals surface area contributed by atoms with E-state index in [1.165, 1.54) is 11.8 Å². The van der Waals surface area contributed by atoms with Crippen molar-refractivity contribution in [3.8, 4) is 28.9 Å². The number of hydrogen-bond donors (Lipinski definition) is 1. The van der Waals surface area contributed by atoms with Crippen LogP contribution in [0.1, 0.15) is 12.5 Å². The molecule has 34 heavy (non-hydrogen) atoms. The second kappa shape index (κ2) is 10.4. The van der Waals surface area contributed by atoms with Crippen LogP contribution in [0, 0.1) is 11.3 Å². The molecule has 0 aliphatic heterocycles. The predicted molar refractivity (Wildman–Crippen MR) is 133 cm³/mol. The topological polar surface area (TPSA) is 92.8 Å². The summed E-state index contributed by atoms with van der Waals surface area (Å²) in [5.41, 5.74) is 2.56. The Kier molecular flexibility index (Phi) is 7.16. The number of amides is 1. The average Bonchev–Trinajstić information content (AvgIpc) is 3.27. The molecule has 0 spiro atoms. The summed E-state index contributed by atoms with van der Waals surface area (Å²) in [6.07, 6.45) is 0. The quantitative estimate of drug-likeness (QED) is 0.340. The number of benzene rings is 3. The van der Waals surface area contributed by atoms with Crippen LogP contribution in [0.2, 0.25) is 5.02 Å². The Balaban J connectivity index is 1.66. The Morgan fingerprint density at radius 2 is 1.88 bits per heavy atom. The highest BCUT2D eigenvalue weighted by Gasteiger charge is 2.23. The molecule has 0 bridgehead atoms. The van der Waals surface area contributed by atoms with Gasteiger partial charge in [0.25, 0.3) is 0 Å². The summed E-state index contributed by atoms with van der Waals surface area (Å²) < 4.78 is 7.15. The highest BCUT2D eigenvalue weighted by Crippen LogP contribution is 2.34. The molecule has 0 aliphatic carbocycles. The molecule has 1 heterocycles. The van der Waals surface area contributed by atoms with Gasteiger partial charge in [0.15, 0.2) is 11.0 Å². The highest BCUT2D eigenvalue weighted by atomic mass is 35.5. The summed E-state index contributed by atoms with van der Waals surface area (Å²) in [7, 11) is 1.61. The first kappa shape index (κ1) is 23.4. The van der Waals surface area contributed by atoms with Crippen molar-refractivity contribution in [2.24, 2.45) is 0 Å². The van der Waals surface area contributed by atoms with Gasteiger partial charge >= 0.3 is 0 Å². The largest absolute Gasteiger partial charge is 0.497 e. The fourth-order valence-electron chi connectivity index (χ4n) is 3.25. The van der Waals surface area contributed by atoms with Crippen LogP contribution in [0.4, 0.5) is 5.69 Å². The fraction of sp³-hybridized carbons (Fsp3) is 0.120. The van der Waals surface area contributed by atoms with Crippen molar-refractivity contribution in [1.29, 1.82) is 5.26 Å².